The molecule has 0 aliphatic heterocycles. The van der Waals surface area contributed by atoms with E-state index in [1.54, 1.807) is 0 Å². The molecule has 0 aromatic heterocycles. The topological polar surface area (TPSA) is 54.9 Å². The lowest BCUT2D eigenvalue weighted by atomic mass is 10.0. The normalized spacial score (nSPS) is 15.9. The second kappa shape index (κ2) is 14.3. The monoisotopic (exact) mass is 441 g/mol. The molecule has 1 aliphatic rings. The summed E-state index contributed by atoms with van der Waals surface area (Å²) in [5.41, 5.74) is 0.441. The Balaban J connectivity index is 0.00000484. The van der Waals surface area contributed by atoms with Crippen LogP contribution in [0.1, 0.15) is 52.4 Å². The lowest BCUT2D eigenvalue weighted by Gasteiger charge is -2.18. The summed E-state index contributed by atoms with van der Waals surface area (Å²) in [6.45, 7) is 9.52. The summed E-state index contributed by atoms with van der Waals surface area (Å²) in [6.07, 6.45) is 7.11. The van der Waals surface area contributed by atoms with Crippen molar-refractivity contribution in [1.82, 2.24) is 10.6 Å². The van der Waals surface area contributed by atoms with E-state index < -0.39 is 0 Å². The Bertz CT molecular complexity index is 310. The zero-order valence-electron chi connectivity index (χ0n) is 15.2. The lowest BCUT2D eigenvalue weighted by molar-refractivity contribution is 0.128. The van der Waals surface area contributed by atoms with E-state index >= 15 is 0 Å². The highest BCUT2D eigenvalue weighted by Crippen LogP contribution is 2.48. The highest BCUT2D eigenvalue weighted by Gasteiger charge is 2.41. The largest absolute Gasteiger partial charge is 0.382 e. The maximum atomic E-state index is 5.55. The smallest absolute Gasteiger partial charge is 0.190 e. The Labute approximate surface area is 159 Å². The number of ether oxygens (including phenoxy) is 2. The van der Waals surface area contributed by atoms with E-state index in [1.165, 1.54) is 19.3 Å². The first kappa shape index (κ1) is 22.9. The number of nitrogens with one attached hydrogen (secondary N) is 2. The molecule has 0 aromatic carbocycles. The van der Waals surface area contributed by atoms with E-state index in [0.29, 0.717) is 5.41 Å². The molecule has 1 aliphatic carbocycles. The van der Waals surface area contributed by atoms with Gasteiger partial charge in [0.15, 0.2) is 5.96 Å². The van der Waals surface area contributed by atoms with Crippen molar-refractivity contribution in [2.45, 2.75) is 52.4 Å². The van der Waals surface area contributed by atoms with Crippen molar-refractivity contribution in [2.75, 3.05) is 46.6 Å². The predicted octanol–water partition coefficient (Wildman–Crippen LogP) is 3.18. The van der Waals surface area contributed by atoms with Gasteiger partial charge in [0.05, 0.1) is 0 Å². The van der Waals surface area contributed by atoms with E-state index in [-0.39, 0.29) is 24.0 Å². The van der Waals surface area contributed by atoms with E-state index in [4.69, 9.17) is 9.47 Å². The fourth-order valence-electron chi connectivity index (χ4n) is 2.35. The summed E-state index contributed by atoms with van der Waals surface area (Å²) < 4.78 is 11.0. The van der Waals surface area contributed by atoms with Crippen LogP contribution in [0, 0.1) is 5.41 Å². The molecule has 138 valence electrons. The number of hydrogen-bond acceptors (Lipinski definition) is 3. The molecule has 0 radical (unpaired) electrons. The van der Waals surface area contributed by atoms with Gasteiger partial charge in [-0.1, -0.05) is 13.3 Å². The first-order valence-electron chi connectivity index (χ1n) is 8.86. The summed E-state index contributed by atoms with van der Waals surface area (Å²) in [4.78, 5) is 4.28. The Hall–Kier alpha value is -0.0800. The molecule has 0 atom stereocenters. The van der Waals surface area contributed by atoms with Crippen molar-refractivity contribution >= 4 is 29.9 Å². The Morgan fingerprint density at radius 2 is 1.78 bits per heavy atom. The van der Waals surface area contributed by atoms with Crippen molar-refractivity contribution in [2.24, 2.45) is 10.4 Å². The third-order valence-corrected chi connectivity index (χ3v) is 4.19. The molecule has 6 heteroatoms. The molecule has 1 saturated carbocycles. The molecule has 0 amide bonds. The van der Waals surface area contributed by atoms with Crippen molar-refractivity contribution in [1.29, 1.82) is 0 Å². The van der Waals surface area contributed by atoms with Crippen molar-refractivity contribution < 1.29 is 9.47 Å². The third-order valence-electron chi connectivity index (χ3n) is 4.19. The van der Waals surface area contributed by atoms with Crippen LogP contribution in [0.2, 0.25) is 0 Å². The first-order valence-corrected chi connectivity index (χ1v) is 8.86. The van der Waals surface area contributed by atoms with Gasteiger partial charge in [-0.05, 0) is 44.4 Å². The van der Waals surface area contributed by atoms with Crippen LogP contribution in [0.15, 0.2) is 4.99 Å². The van der Waals surface area contributed by atoms with Gasteiger partial charge in [0.1, 0.15) is 0 Å². The highest BCUT2D eigenvalue weighted by molar-refractivity contribution is 14.0. The minimum absolute atomic E-state index is 0. The van der Waals surface area contributed by atoms with Gasteiger partial charge in [0, 0.05) is 46.6 Å². The van der Waals surface area contributed by atoms with Crippen molar-refractivity contribution in [3.63, 3.8) is 0 Å². The van der Waals surface area contributed by atoms with Crippen LogP contribution in [0.5, 0.6) is 0 Å². The molecule has 2 N–H and O–H groups in total. The predicted molar refractivity (Wildman–Crippen MR) is 108 cm³/mol. The molecule has 0 spiro atoms. The third kappa shape index (κ3) is 11.2. The van der Waals surface area contributed by atoms with Crippen molar-refractivity contribution in [3.8, 4) is 0 Å². The molecular formula is C17H36IN3O2. The fraction of sp³-hybridized carbons (Fsp3) is 0.941. The molecule has 0 bridgehead atoms. The fourth-order valence-corrected chi connectivity index (χ4v) is 2.35. The summed E-state index contributed by atoms with van der Waals surface area (Å²) in [5, 5.41) is 6.81. The van der Waals surface area contributed by atoms with Crippen LogP contribution < -0.4 is 10.6 Å². The zero-order chi connectivity index (χ0) is 16.1. The van der Waals surface area contributed by atoms with Gasteiger partial charge >= 0.3 is 0 Å². The standard InChI is InChI=1S/C17H35N3O2.HI/c1-4-6-12-22-13-7-11-19-16(18-3)20-15-17(8-9-17)10-14-21-5-2;/h4-15H2,1-3H3,(H2,18,19,20);1H. The Morgan fingerprint density at radius 1 is 1.04 bits per heavy atom. The van der Waals surface area contributed by atoms with Crippen LogP contribution in [-0.2, 0) is 9.47 Å². The molecule has 23 heavy (non-hydrogen) atoms. The number of unbranched alkanes of at least 4 members (excludes halogenated alkanes) is 1. The SMILES string of the molecule is CCCCOCCCNC(=NC)NCC1(CCOCC)CC1.I. The molecule has 1 fully saturated rings. The Morgan fingerprint density at radius 3 is 2.39 bits per heavy atom. The first-order chi connectivity index (χ1) is 10.8. The van der Waals surface area contributed by atoms with Gasteiger partial charge in [-0.3, -0.25) is 4.99 Å². The van der Waals surface area contributed by atoms with Gasteiger partial charge < -0.3 is 20.1 Å². The van der Waals surface area contributed by atoms with Gasteiger partial charge in [-0.15, -0.1) is 24.0 Å². The van der Waals surface area contributed by atoms with Crippen LogP contribution in [0.3, 0.4) is 0 Å². The second-order valence-corrected chi connectivity index (χ2v) is 6.12. The number of aliphatic imine (C=N–C) groups is 1. The molecule has 5 nitrogen and oxygen atoms in total. The quantitative estimate of drug-likeness (QED) is 0.200. The van der Waals surface area contributed by atoms with Crippen LogP contribution in [-0.4, -0.2) is 52.5 Å². The van der Waals surface area contributed by atoms with Crippen LogP contribution in [0.25, 0.3) is 0 Å². The second-order valence-electron chi connectivity index (χ2n) is 6.12. The summed E-state index contributed by atoms with van der Waals surface area (Å²) in [7, 11) is 1.83. The minimum atomic E-state index is 0. The Kier molecular flexibility index (Phi) is 14.2. The van der Waals surface area contributed by atoms with Gasteiger partial charge in [0.25, 0.3) is 0 Å². The zero-order valence-corrected chi connectivity index (χ0v) is 17.5. The molecule has 0 heterocycles. The van der Waals surface area contributed by atoms with Gasteiger partial charge in [-0.25, -0.2) is 0 Å². The number of guanidine groups is 1. The molecular weight excluding hydrogens is 405 g/mol. The molecule has 0 saturated heterocycles. The number of nitrogens with zero attached hydrogens (tertiary/aromatic N) is 1. The number of hydrogen-bond donors (Lipinski definition) is 2. The van der Waals surface area contributed by atoms with Gasteiger partial charge in [0.2, 0.25) is 0 Å². The van der Waals surface area contributed by atoms with E-state index in [9.17, 15) is 0 Å². The van der Waals surface area contributed by atoms with E-state index in [0.717, 1.165) is 64.7 Å². The van der Waals surface area contributed by atoms with E-state index in [2.05, 4.69) is 29.5 Å². The number of halogens is 1. The highest BCUT2D eigenvalue weighted by atomic mass is 127. The molecule has 0 unspecified atom stereocenters. The number of rotatable bonds is 13. The average molecular weight is 441 g/mol. The van der Waals surface area contributed by atoms with E-state index in [1.807, 2.05) is 7.05 Å². The van der Waals surface area contributed by atoms with Crippen LogP contribution in [0.4, 0.5) is 0 Å². The summed E-state index contributed by atoms with van der Waals surface area (Å²) >= 11 is 0. The molecule has 1 rings (SSSR count). The van der Waals surface area contributed by atoms with Crippen molar-refractivity contribution in [3.05, 3.63) is 0 Å². The molecule has 0 aromatic rings. The summed E-state index contributed by atoms with van der Waals surface area (Å²) in [6, 6.07) is 0. The average Bonchev–Trinajstić information content (AvgIpc) is 3.30. The lowest BCUT2D eigenvalue weighted by Crippen LogP contribution is -2.41. The maximum absolute atomic E-state index is 5.55. The van der Waals surface area contributed by atoms with Gasteiger partial charge in [-0.2, -0.15) is 0 Å². The summed E-state index contributed by atoms with van der Waals surface area (Å²) in [5.74, 6) is 0.899. The maximum Gasteiger partial charge on any atom is 0.190 e. The minimum Gasteiger partial charge on any atom is -0.382 e. The van der Waals surface area contributed by atoms with Crippen LogP contribution >= 0.6 is 24.0 Å².